The van der Waals surface area contributed by atoms with E-state index in [1.54, 1.807) is 6.07 Å². The number of amides is 1. The molecule has 1 saturated heterocycles. The number of rotatable bonds is 5. The van der Waals surface area contributed by atoms with Crippen LogP contribution in [0.3, 0.4) is 0 Å². The average molecular weight is 415 g/mol. The molecule has 0 saturated carbocycles. The van der Waals surface area contributed by atoms with Gasteiger partial charge in [-0.05, 0) is 42.8 Å². The lowest BCUT2D eigenvalue weighted by molar-refractivity contribution is -0.117. The number of nitrogens with one attached hydrogen (secondary N) is 1. The molecule has 1 N–H and O–H groups in total. The van der Waals surface area contributed by atoms with Crippen molar-refractivity contribution in [2.24, 2.45) is 0 Å². The van der Waals surface area contributed by atoms with Crippen LogP contribution in [0.5, 0.6) is 5.75 Å². The smallest absolute Gasteiger partial charge is 0.262 e. The Morgan fingerprint density at radius 1 is 1.15 bits per heavy atom. The van der Waals surface area contributed by atoms with Gasteiger partial charge in [-0.3, -0.25) is 9.52 Å². The molecule has 0 atom stereocenters. The second-order valence-corrected chi connectivity index (χ2v) is 8.24. The maximum atomic E-state index is 12.8. The fraction of sp³-hybridized carbons (Fsp3) is 0.235. The van der Waals surface area contributed by atoms with E-state index in [-0.39, 0.29) is 21.5 Å². The molecule has 9 heteroatoms. The summed E-state index contributed by atoms with van der Waals surface area (Å²) in [5.41, 5.74) is 0.601. The van der Waals surface area contributed by atoms with Gasteiger partial charge in [0.2, 0.25) is 5.91 Å². The Kier molecular flexibility index (Phi) is 5.32. The molecule has 1 amide bonds. The maximum Gasteiger partial charge on any atom is 0.262 e. The van der Waals surface area contributed by atoms with Gasteiger partial charge >= 0.3 is 0 Å². The van der Waals surface area contributed by atoms with Crippen LogP contribution < -0.4 is 14.4 Å². The minimum Gasteiger partial charge on any atom is -0.495 e. The number of halogens is 2. The minimum absolute atomic E-state index is 0.0101. The van der Waals surface area contributed by atoms with Crippen molar-refractivity contribution in [1.82, 2.24) is 0 Å². The van der Waals surface area contributed by atoms with Crippen molar-refractivity contribution in [2.45, 2.75) is 17.7 Å². The minimum atomic E-state index is -3.93. The molecular formula is C17H16Cl2N2O4S. The van der Waals surface area contributed by atoms with Crippen LogP contribution in [-0.4, -0.2) is 28.0 Å². The fourth-order valence-electron chi connectivity index (χ4n) is 2.73. The topological polar surface area (TPSA) is 75.7 Å². The normalized spacial score (nSPS) is 14.6. The lowest BCUT2D eigenvalue weighted by atomic mass is 10.2. The predicted molar refractivity (Wildman–Crippen MR) is 102 cm³/mol. The summed E-state index contributed by atoms with van der Waals surface area (Å²) < 4.78 is 33.2. The number of carbonyl (C=O) groups excluding carboxylic acids is 1. The van der Waals surface area contributed by atoms with Crippen LogP contribution in [0.4, 0.5) is 11.4 Å². The van der Waals surface area contributed by atoms with Gasteiger partial charge in [0, 0.05) is 18.0 Å². The molecule has 1 heterocycles. The summed E-state index contributed by atoms with van der Waals surface area (Å²) in [4.78, 5) is 13.6. The van der Waals surface area contributed by atoms with Gasteiger partial charge in [-0.2, -0.15) is 0 Å². The van der Waals surface area contributed by atoms with Crippen molar-refractivity contribution >= 4 is 50.5 Å². The van der Waals surface area contributed by atoms with Crippen molar-refractivity contribution in [3.63, 3.8) is 0 Å². The molecule has 2 aromatic carbocycles. The van der Waals surface area contributed by atoms with Gasteiger partial charge in [0.15, 0.2) is 0 Å². The largest absolute Gasteiger partial charge is 0.495 e. The van der Waals surface area contributed by atoms with Crippen molar-refractivity contribution < 1.29 is 17.9 Å². The highest BCUT2D eigenvalue weighted by molar-refractivity contribution is 7.92. The summed E-state index contributed by atoms with van der Waals surface area (Å²) in [7, 11) is -2.46. The van der Waals surface area contributed by atoms with Crippen LogP contribution in [-0.2, 0) is 14.8 Å². The molecule has 0 unspecified atom stereocenters. The van der Waals surface area contributed by atoms with Crippen LogP contribution in [0.25, 0.3) is 0 Å². The van der Waals surface area contributed by atoms with Gasteiger partial charge < -0.3 is 9.64 Å². The van der Waals surface area contributed by atoms with Gasteiger partial charge in [0.25, 0.3) is 10.0 Å². The van der Waals surface area contributed by atoms with Crippen LogP contribution in [0.15, 0.2) is 41.3 Å². The Hall–Kier alpha value is -1.96. The zero-order valence-electron chi connectivity index (χ0n) is 13.8. The number of carbonyl (C=O) groups is 1. The third-order valence-corrected chi connectivity index (χ3v) is 5.93. The maximum absolute atomic E-state index is 12.8. The van der Waals surface area contributed by atoms with E-state index in [4.69, 9.17) is 27.9 Å². The van der Waals surface area contributed by atoms with E-state index in [9.17, 15) is 13.2 Å². The molecule has 3 rings (SSSR count). The highest BCUT2D eigenvalue weighted by atomic mass is 35.5. The first-order chi connectivity index (χ1) is 12.3. The summed E-state index contributed by atoms with van der Waals surface area (Å²) in [5.74, 6) is 0.365. The first-order valence-electron chi connectivity index (χ1n) is 7.78. The lowest BCUT2D eigenvalue weighted by Gasteiger charge is -2.20. The van der Waals surface area contributed by atoms with E-state index in [0.29, 0.717) is 29.4 Å². The van der Waals surface area contributed by atoms with Crippen molar-refractivity contribution in [3.8, 4) is 5.75 Å². The number of sulfonamides is 1. The van der Waals surface area contributed by atoms with Crippen LogP contribution in [0, 0.1) is 0 Å². The standard InChI is InChI=1S/C17H16Cl2N2O4S/c1-25-16-7-5-12(10-15(16)21-8-2-3-17(21)22)26(23,24)20-14-9-11(18)4-6-13(14)19/h4-7,9-10,20H,2-3,8H2,1H3. The molecule has 0 radical (unpaired) electrons. The molecule has 138 valence electrons. The highest BCUT2D eigenvalue weighted by Gasteiger charge is 2.26. The molecule has 2 aromatic rings. The van der Waals surface area contributed by atoms with Gasteiger partial charge in [-0.1, -0.05) is 23.2 Å². The van der Waals surface area contributed by atoms with Crippen molar-refractivity contribution in [1.29, 1.82) is 0 Å². The number of hydrogen-bond acceptors (Lipinski definition) is 4. The van der Waals surface area contributed by atoms with E-state index in [0.717, 1.165) is 6.42 Å². The molecule has 1 aliphatic heterocycles. The number of nitrogens with zero attached hydrogens (tertiary/aromatic N) is 1. The first-order valence-corrected chi connectivity index (χ1v) is 10.0. The molecule has 0 spiro atoms. The summed E-state index contributed by atoms with van der Waals surface area (Å²) >= 11 is 11.9. The number of ether oxygens (including phenoxy) is 1. The third kappa shape index (κ3) is 3.75. The predicted octanol–water partition coefficient (Wildman–Crippen LogP) is 3.93. The number of benzene rings is 2. The molecule has 0 aliphatic carbocycles. The summed E-state index contributed by atoms with van der Waals surface area (Å²) in [6.45, 7) is 0.520. The molecule has 26 heavy (non-hydrogen) atoms. The van der Waals surface area contributed by atoms with Crippen molar-refractivity contribution in [2.75, 3.05) is 23.3 Å². The van der Waals surface area contributed by atoms with E-state index in [2.05, 4.69) is 4.72 Å². The van der Waals surface area contributed by atoms with Gasteiger partial charge in [0.05, 0.1) is 28.4 Å². The monoisotopic (exact) mass is 414 g/mol. The highest BCUT2D eigenvalue weighted by Crippen LogP contribution is 2.35. The summed E-state index contributed by atoms with van der Waals surface area (Å²) in [5, 5.41) is 0.576. The van der Waals surface area contributed by atoms with Crippen LogP contribution in [0.2, 0.25) is 10.0 Å². The second-order valence-electron chi connectivity index (χ2n) is 5.71. The van der Waals surface area contributed by atoms with Crippen LogP contribution >= 0.6 is 23.2 Å². The molecular weight excluding hydrogens is 399 g/mol. The van der Waals surface area contributed by atoms with E-state index >= 15 is 0 Å². The Labute approximate surface area is 161 Å². The lowest BCUT2D eigenvalue weighted by Crippen LogP contribution is -2.25. The van der Waals surface area contributed by atoms with Crippen molar-refractivity contribution in [3.05, 3.63) is 46.4 Å². The summed E-state index contributed by atoms with van der Waals surface area (Å²) in [6.07, 6.45) is 1.14. The first kappa shape index (κ1) is 18.8. The summed E-state index contributed by atoms with van der Waals surface area (Å²) in [6, 6.07) is 8.84. The Bertz CT molecular complexity index is 963. The molecule has 1 aliphatic rings. The number of anilines is 2. The Morgan fingerprint density at radius 3 is 2.58 bits per heavy atom. The Balaban J connectivity index is 2.00. The average Bonchev–Trinajstić information content (AvgIpc) is 3.03. The third-order valence-electron chi connectivity index (χ3n) is 4.00. The van der Waals surface area contributed by atoms with Gasteiger partial charge in [-0.25, -0.2) is 8.42 Å². The number of methoxy groups -OCH3 is 1. The van der Waals surface area contributed by atoms with Crippen LogP contribution in [0.1, 0.15) is 12.8 Å². The molecule has 6 nitrogen and oxygen atoms in total. The van der Waals surface area contributed by atoms with E-state index in [1.807, 2.05) is 0 Å². The Morgan fingerprint density at radius 2 is 1.92 bits per heavy atom. The number of hydrogen-bond donors (Lipinski definition) is 1. The zero-order valence-corrected chi connectivity index (χ0v) is 16.2. The van der Waals surface area contributed by atoms with Gasteiger partial charge in [0.1, 0.15) is 5.75 Å². The fourth-order valence-corrected chi connectivity index (χ4v) is 4.21. The molecule has 0 aromatic heterocycles. The SMILES string of the molecule is COc1ccc(S(=O)(=O)Nc2cc(Cl)ccc2Cl)cc1N1CCCC1=O. The van der Waals surface area contributed by atoms with E-state index < -0.39 is 10.0 Å². The van der Waals surface area contributed by atoms with Gasteiger partial charge in [-0.15, -0.1) is 0 Å². The second kappa shape index (κ2) is 7.34. The molecule has 0 bridgehead atoms. The van der Waals surface area contributed by atoms with E-state index in [1.165, 1.54) is 42.3 Å². The molecule has 1 fully saturated rings. The zero-order chi connectivity index (χ0) is 18.9. The quantitative estimate of drug-likeness (QED) is 0.803.